The monoisotopic (exact) mass is 257 g/mol. The lowest BCUT2D eigenvalue weighted by Crippen LogP contribution is -1.85. The first-order valence-corrected chi connectivity index (χ1v) is 6.57. The average Bonchev–Trinajstić information content (AvgIpc) is 2.82. The van der Waals surface area contributed by atoms with Crippen molar-refractivity contribution in [1.29, 1.82) is 0 Å². The van der Waals surface area contributed by atoms with Gasteiger partial charge in [0.1, 0.15) is 0 Å². The summed E-state index contributed by atoms with van der Waals surface area (Å²) in [5.41, 5.74) is 1.00. The van der Waals surface area contributed by atoms with E-state index in [1.807, 2.05) is 31.2 Å². The molecule has 0 aliphatic carbocycles. The lowest BCUT2D eigenvalue weighted by molar-refractivity contribution is 0.387. The predicted molar refractivity (Wildman–Crippen MR) is 70.3 cm³/mol. The number of hydrogen-bond acceptors (Lipinski definition) is 5. The van der Waals surface area contributed by atoms with Crippen LogP contribution in [0.2, 0.25) is 0 Å². The van der Waals surface area contributed by atoms with Gasteiger partial charge in [-0.3, -0.25) is 0 Å². The molecule has 0 spiro atoms. The summed E-state index contributed by atoms with van der Waals surface area (Å²) in [5, 5.41) is 5.87. The van der Waals surface area contributed by atoms with Gasteiger partial charge in [0.25, 0.3) is 0 Å². The van der Waals surface area contributed by atoms with E-state index in [4.69, 9.17) is 4.52 Å². The molecule has 18 heavy (non-hydrogen) atoms. The van der Waals surface area contributed by atoms with Gasteiger partial charge in [0.05, 0.1) is 16.3 Å². The van der Waals surface area contributed by atoms with E-state index >= 15 is 0 Å². The fourth-order valence-electron chi connectivity index (χ4n) is 1.66. The second kappa shape index (κ2) is 4.78. The van der Waals surface area contributed by atoms with Gasteiger partial charge in [-0.25, -0.2) is 4.98 Å². The van der Waals surface area contributed by atoms with Gasteiger partial charge < -0.3 is 4.52 Å². The lowest BCUT2D eigenvalue weighted by atomic mass is 10.2. The molecule has 4 nitrogen and oxygen atoms in total. The fraction of sp³-hybridized carbons (Fsp3) is 0.154. The number of hydrogen-bond donors (Lipinski definition) is 0. The highest BCUT2D eigenvalue weighted by molar-refractivity contribution is 7.98. The molecular formula is C13H11N3OS. The third-order valence-electron chi connectivity index (χ3n) is 2.49. The fourth-order valence-corrected chi connectivity index (χ4v) is 2.38. The SMILES string of the molecule is Cc1noc(CSc2ccc3ccccc3n2)n1. The predicted octanol–water partition coefficient (Wildman–Crippen LogP) is 3.22. The molecule has 0 fully saturated rings. The Kier molecular flexibility index (Phi) is 2.98. The lowest BCUT2D eigenvalue weighted by Gasteiger charge is -2.00. The van der Waals surface area contributed by atoms with E-state index in [1.165, 1.54) is 0 Å². The molecule has 0 radical (unpaired) electrons. The summed E-state index contributed by atoms with van der Waals surface area (Å²) in [6.45, 7) is 1.81. The van der Waals surface area contributed by atoms with E-state index in [2.05, 4.69) is 27.3 Å². The minimum atomic E-state index is 0.632. The first-order chi connectivity index (χ1) is 8.81. The summed E-state index contributed by atoms with van der Waals surface area (Å²) in [7, 11) is 0. The summed E-state index contributed by atoms with van der Waals surface area (Å²) >= 11 is 1.59. The molecule has 3 aromatic rings. The van der Waals surface area contributed by atoms with Crippen molar-refractivity contribution in [2.45, 2.75) is 17.7 Å². The Morgan fingerprint density at radius 2 is 2.00 bits per heavy atom. The second-order valence-corrected chi connectivity index (χ2v) is 4.86. The molecule has 5 heteroatoms. The Bertz CT molecular complexity index is 681. The van der Waals surface area contributed by atoms with Crippen LogP contribution in [0.5, 0.6) is 0 Å². The number of pyridine rings is 1. The van der Waals surface area contributed by atoms with E-state index < -0.39 is 0 Å². The number of rotatable bonds is 3. The minimum Gasteiger partial charge on any atom is -0.338 e. The van der Waals surface area contributed by atoms with Crippen LogP contribution < -0.4 is 0 Å². The molecule has 0 aliphatic rings. The van der Waals surface area contributed by atoms with Gasteiger partial charge >= 0.3 is 0 Å². The Morgan fingerprint density at radius 1 is 1.11 bits per heavy atom. The van der Waals surface area contributed by atoms with Crippen LogP contribution in [0.25, 0.3) is 10.9 Å². The van der Waals surface area contributed by atoms with Gasteiger partial charge in [0.15, 0.2) is 5.82 Å². The van der Waals surface area contributed by atoms with Gasteiger partial charge in [0.2, 0.25) is 5.89 Å². The summed E-state index contributed by atoms with van der Waals surface area (Å²) in [6.07, 6.45) is 0. The van der Waals surface area contributed by atoms with Crippen LogP contribution in [0.15, 0.2) is 45.9 Å². The summed E-state index contributed by atoms with van der Waals surface area (Å²) < 4.78 is 5.06. The molecule has 1 aromatic carbocycles. The van der Waals surface area contributed by atoms with Crippen LogP contribution >= 0.6 is 11.8 Å². The van der Waals surface area contributed by atoms with E-state index in [1.54, 1.807) is 11.8 Å². The Morgan fingerprint density at radius 3 is 2.83 bits per heavy atom. The van der Waals surface area contributed by atoms with Gasteiger partial charge in [0, 0.05) is 5.39 Å². The highest BCUT2D eigenvalue weighted by atomic mass is 32.2. The van der Waals surface area contributed by atoms with E-state index in [0.29, 0.717) is 17.5 Å². The molecule has 2 aromatic heterocycles. The molecule has 90 valence electrons. The highest BCUT2D eigenvalue weighted by Crippen LogP contribution is 2.22. The van der Waals surface area contributed by atoms with Crippen molar-refractivity contribution in [3.8, 4) is 0 Å². The average molecular weight is 257 g/mol. The zero-order valence-corrected chi connectivity index (χ0v) is 10.6. The molecule has 0 saturated heterocycles. The van der Waals surface area contributed by atoms with Crippen LogP contribution in [0.3, 0.4) is 0 Å². The maximum absolute atomic E-state index is 5.06. The molecule has 0 aliphatic heterocycles. The standard InChI is InChI=1S/C13H11N3OS/c1-9-14-12(17-16-9)8-18-13-7-6-10-4-2-3-5-11(10)15-13/h2-7H,8H2,1H3. The number of aryl methyl sites for hydroxylation is 1. The zero-order valence-electron chi connectivity index (χ0n) is 9.83. The largest absolute Gasteiger partial charge is 0.338 e. The number of aromatic nitrogens is 3. The summed E-state index contributed by atoms with van der Waals surface area (Å²) in [6, 6.07) is 12.2. The molecule has 0 bridgehead atoms. The van der Waals surface area contributed by atoms with Gasteiger partial charge in [-0.2, -0.15) is 4.98 Å². The van der Waals surface area contributed by atoms with Crippen molar-refractivity contribution >= 4 is 22.7 Å². The molecule has 0 atom stereocenters. The molecule has 0 N–H and O–H groups in total. The van der Waals surface area contributed by atoms with Crippen molar-refractivity contribution in [3.05, 3.63) is 48.1 Å². The Balaban J connectivity index is 1.78. The number of nitrogens with zero attached hydrogens (tertiary/aromatic N) is 3. The molecular weight excluding hydrogens is 246 g/mol. The van der Waals surface area contributed by atoms with Crippen LogP contribution in [0.4, 0.5) is 0 Å². The van der Waals surface area contributed by atoms with E-state index in [9.17, 15) is 0 Å². The summed E-state index contributed by atoms with van der Waals surface area (Å²) in [4.78, 5) is 8.73. The number of fused-ring (bicyclic) bond motifs is 1. The molecule has 0 amide bonds. The summed E-state index contributed by atoms with van der Waals surface area (Å²) in [5.74, 6) is 1.94. The van der Waals surface area contributed by atoms with Crippen LogP contribution in [-0.4, -0.2) is 15.1 Å². The Labute approximate surface area is 108 Å². The zero-order chi connectivity index (χ0) is 12.4. The van der Waals surface area contributed by atoms with Crippen LogP contribution in [0, 0.1) is 6.92 Å². The molecule has 0 unspecified atom stereocenters. The smallest absolute Gasteiger partial charge is 0.237 e. The van der Waals surface area contributed by atoms with Crippen molar-refractivity contribution < 1.29 is 4.52 Å². The molecule has 3 rings (SSSR count). The first-order valence-electron chi connectivity index (χ1n) is 5.59. The Hall–Kier alpha value is -1.88. The second-order valence-electron chi connectivity index (χ2n) is 3.87. The molecule has 0 saturated carbocycles. The topological polar surface area (TPSA) is 51.8 Å². The van der Waals surface area contributed by atoms with Crippen molar-refractivity contribution in [2.24, 2.45) is 0 Å². The van der Waals surface area contributed by atoms with Crippen molar-refractivity contribution in [1.82, 2.24) is 15.1 Å². The number of para-hydroxylation sites is 1. The maximum Gasteiger partial charge on any atom is 0.237 e. The van der Waals surface area contributed by atoms with Crippen molar-refractivity contribution in [2.75, 3.05) is 0 Å². The maximum atomic E-state index is 5.06. The van der Waals surface area contributed by atoms with Crippen LogP contribution in [0.1, 0.15) is 11.7 Å². The van der Waals surface area contributed by atoms with Crippen LogP contribution in [-0.2, 0) is 5.75 Å². The highest BCUT2D eigenvalue weighted by Gasteiger charge is 2.05. The van der Waals surface area contributed by atoms with E-state index in [-0.39, 0.29) is 0 Å². The minimum absolute atomic E-state index is 0.632. The number of thioether (sulfide) groups is 1. The van der Waals surface area contributed by atoms with Crippen molar-refractivity contribution in [3.63, 3.8) is 0 Å². The first kappa shape index (κ1) is 11.2. The number of benzene rings is 1. The normalized spacial score (nSPS) is 10.9. The van der Waals surface area contributed by atoms with Gasteiger partial charge in [-0.05, 0) is 19.1 Å². The van der Waals surface area contributed by atoms with Gasteiger partial charge in [-0.1, -0.05) is 41.2 Å². The third-order valence-corrected chi connectivity index (χ3v) is 3.40. The van der Waals surface area contributed by atoms with Gasteiger partial charge in [-0.15, -0.1) is 0 Å². The molecule has 2 heterocycles. The van der Waals surface area contributed by atoms with E-state index in [0.717, 1.165) is 15.9 Å². The quantitative estimate of drug-likeness (QED) is 0.674. The third kappa shape index (κ3) is 2.36.